The molecule has 0 spiro atoms. The second-order valence-electron chi connectivity index (χ2n) is 4.56. The molecule has 1 aliphatic carbocycles. The van der Waals surface area contributed by atoms with Crippen molar-refractivity contribution in [2.75, 3.05) is 5.43 Å². The first-order valence-corrected chi connectivity index (χ1v) is 6.10. The van der Waals surface area contributed by atoms with Gasteiger partial charge in [0.2, 0.25) is 0 Å². The molecule has 3 atom stereocenters. The molecule has 8 heteroatoms. The molecule has 1 aliphatic rings. The van der Waals surface area contributed by atoms with Crippen LogP contribution in [0.15, 0.2) is 35.5 Å². The summed E-state index contributed by atoms with van der Waals surface area (Å²) in [5, 5.41) is 41.8. The van der Waals surface area contributed by atoms with Crippen molar-refractivity contribution in [2.24, 2.45) is 11.0 Å². The van der Waals surface area contributed by atoms with Gasteiger partial charge in [0, 0.05) is 12.0 Å². The molecular weight excluding hydrogens is 264 g/mol. The molecule has 0 aliphatic heterocycles. The van der Waals surface area contributed by atoms with E-state index in [9.17, 15) is 10.4 Å². The maximum Gasteiger partial charge on any atom is 0.195 e. The maximum absolute atomic E-state index is 11.2. The van der Waals surface area contributed by atoms with Crippen molar-refractivity contribution in [3.8, 4) is 0 Å². The molecule has 0 fully saturated rings. The van der Waals surface area contributed by atoms with E-state index in [2.05, 4.69) is 10.5 Å². The molecule has 0 heterocycles. The fraction of sp³-hybridized carbons (Fsp3) is 0.250. The molecule has 0 saturated heterocycles. The van der Waals surface area contributed by atoms with E-state index in [0.717, 1.165) is 18.2 Å². The van der Waals surface area contributed by atoms with E-state index in [4.69, 9.17) is 10.4 Å². The lowest BCUT2D eigenvalue weighted by molar-refractivity contribution is -0.996. The van der Waals surface area contributed by atoms with E-state index in [-0.39, 0.29) is 23.0 Å². The summed E-state index contributed by atoms with van der Waals surface area (Å²) < 4.78 is 0. The average Bonchev–Trinajstić information content (AvgIpc) is 2.81. The molecule has 0 saturated carbocycles. The lowest BCUT2D eigenvalue weighted by Crippen LogP contribution is -3.00. The monoisotopic (exact) mass is 280 g/mol. The number of benzene rings is 1. The van der Waals surface area contributed by atoms with Gasteiger partial charge in [-0.25, -0.2) is 10.4 Å². The normalized spacial score (nSPS) is 23.1. The highest BCUT2D eigenvalue weighted by Gasteiger charge is 2.15. The standard InChI is InChI=1S/C12H16N4O4/c1-8-3-2-4-10(8)13-14-11-6-5-9(15(17)18)7-12(11)16(19)20/h2,4-8,14-17,19H,3H2,1H3/t8-/m0/s1. The summed E-state index contributed by atoms with van der Waals surface area (Å²) >= 11 is 0. The summed E-state index contributed by atoms with van der Waals surface area (Å²) in [5.74, 6) is 0.286. The number of hydrogen-bond acceptors (Lipinski definition) is 6. The number of allylic oxidation sites excluding steroid dienone is 2. The van der Waals surface area contributed by atoms with Crippen LogP contribution in [0.25, 0.3) is 0 Å². The van der Waals surface area contributed by atoms with Crippen LogP contribution in [0, 0.1) is 16.3 Å². The minimum absolute atomic E-state index is 0.0743. The van der Waals surface area contributed by atoms with Gasteiger partial charge in [0.1, 0.15) is 5.69 Å². The van der Waals surface area contributed by atoms with Crippen LogP contribution in [0.1, 0.15) is 13.3 Å². The van der Waals surface area contributed by atoms with E-state index in [0.29, 0.717) is 0 Å². The predicted octanol–water partition coefficient (Wildman–Crippen LogP) is -0.143. The summed E-state index contributed by atoms with van der Waals surface area (Å²) in [6, 6.07) is 3.85. The zero-order valence-corrected chi connectivity index (χ0v) is 10.8. The van der Waals surface area contributed by atoms with Gasteiger partial charge in [0.25, 0.3) is 0 Å². The van der Waals surface area contributed by atoms with E-state index in [1.54, 1.807) is 0 Å². The largest absolute Gasteiger partial charge is 0.595 e. The first kappa shape index (κ1) is 14.6. The van der Waals surface area contributed by atoms with Crippen molar-refractivity contribution < 1.29 is 20.9 Å². The molecule has 2 unspecified atom stereocenters. The minimum atomic E-state index is -1.20. The Hall–Kier alpha value is -1.81. The quantitative estimate of drug-likeness (QED) is 0.492. The van der Waals surface area contributed by atoms with Gasteiger partial charge in [-0.15, -0.1) is 0 Å². The lowest BCUT2D eigenvalue weighted by atomic mass is 10.1. The Morgan fingerprint density at radius 3 is 2.60 bits per heavy atom. The fourth-order valence-electron chi connectivity index (χ4n) is 1.90. The summed E-state index contributed by atoms with van der Waals surface area (Å²) in [7, 11) is 0. The number of quaternary nitrogens is 2. The third-order valence-corrected chi connectivity index (χ3v) is 3.09. The fourth-order valence-corrected chi connectivity index (χ4v) is 1.90. The highest BCUT2D eigenvalue weighted by molar-refractivity contribution is 5.99. The maximum atomic E-state index is 11.2. The Kier molecular flexibility index (Phi) is 4.45. The molecule has 5 N–H and O–H groups in total. The van der Waals surface area contributed by atoms with Crippen molar-refractivity contribution in [1.29, 1.82) is 0 Å². The molecule has 0 aromatic heterocycles. The van der Waals surface area contributed by atoms with Crippen LogP contribution in [0.3, 0.4) is 0 Å². The molecule has 0 radical (unpaired) electrons. The van der Waals surface area contributed by atoms with Crippen molar-refractivity contribution >= 4 is 22.8 Å². The molecule has 0 bridgehead atoms. The number of nitrogens with one attached hydrogen (secondary N) is 3. The highest BCUT2D eigenvalue weighted by Crippen LogP contribution is 2.22. The number of anilines is 1. The smallest absolute Gasteiger partial charge is 0.195 e. The molecule has 0 amide bonds. The van der Waals surface area contributed by atoms with E-state index in [1.165, 1.54) is 12.1 Å². The Morgan fingerprint density at radius 2 is 2.05 bits per heavy atom. The predicted molar refractivity (Wildman–Crippen MR) is 72.0 cm³/mol. The van der Waals surface area contributed by atoms with Gasteiger partial charge in [-0.1, -0.05) is 13.0 Å². The summed E-state index contributed by atoms with van der Waals surface area (Å²) in [6.07, 6.45) is 4.78. The second kappa shape index (κ2) is 6.09. The SMILES string of the molecule is C[C@H]1CC=CC1=NNc1ccc([NH+]([O-])O)cc1[NH+]([O-])O. The van der Waals surface area contributed by atoms with Crippen LogP contribution in [0.2, 0.25) is 0 Å². The Balaban J connectivity index is 2.25. The zero-order valence-electron chi connectivity index (χ0n) is 10.8. The number of rotatable bonds is 4. The minimum Gasteiger partial charge on any atom is -0.595 e. The van der Waals surface area contributed by atoms with Gasteiger partial charge in [0.15, 0.2) is 11.4 Å². The van der Waals surface area contributed by atoms with Gasteiger partial charge in [0.05, 0.1) is 11.8 Å². The third kappa shape index (κ3) is 3.20. The van der Waals surface area contributed by atoms with Crippen molar-refractivity contribution in [3.63, 3.8) is 0 Å². The van der Waals surface area contributed by atoms with Gasteiger partial charge in [-0.3, -0.25) is 5.43 Å². The van der Waals surface area contributed by atoms with Crippen LogP contribution in [0.4, 0.5) is 17.1 Å². The van der Waals surface area contributed by atoms with Crippen LogP contribution in [-0.2, 0) is 0 Å². The van der Waals surface area contributed by atoms with Crippen molar-refractivity contribution in [3.05, 3.63) is 40.8 Å². The van der Waals surface area contributed by atoms with Gasteiger partial charge >= 0.3 is 0 Å². The summed E-state index contributed by atoms with van der Waals surface area (Å²) in [6.45, 7) is 2.02. The van der Waals surface area contributed by atoms with Gasteiger partial charge in [-0.2, -0.15) is 15.6 Å². The van der Waals surface area contributed by atoms with Crippen molar-refractivity contribution in [1.82, 2.24) is 0 Å². The van der Waals surface area contributed by atoms with E-state index >= 15 is 0 Å². The first-order valence-electron chi connectivity index (χ1n) is 6.10. The van der Waals surface area contributed by atoms with Gasteiger partial charge in [-0.05, 0) is 18.6 Å². The zero-order chi connectivity index (χ0) is 14.7. The van der Waals surface area contributed by atoms with Crippen LogP contribution < -0.4 is 15.9 Å². The lowest BCUT2D eigenvalue weighted by Gasteiger charge is -2.18. The summed E-state index contributed by atoms with van der Waals surface area (Å²) in [5.41, 5.74) is 3.60. The molecule has 20 heavy (non-hydrogen) atoms. The molecule has 1 aromatic carbocycles. The Bertz CT molecular complexity index is 542. The van der Waals surface area contributed by atoms with E-state index < -0.39 is 10.5 Å². The second-order valence-corrected chi connectivity index (χ2v) is 4.56. The molecule has 108 valence electrons. The third-order valence-electron chi connectivity index (χ3n) is 3.09. The van der Waals surface area contributed by atoms with Crippen LogP contribution in [0.5, 0.6) is 0 Å². The van der Waals surface area contributed by atoms with Gasteiger partial charge < -0.3 is 10.4 Å². The molecule has 2 rings (SSSR count). The Labute approximate surface area is 115 Å². The van der Waals surface area contributed by atoms with Crippen LogP contribution >= 0.6 is 0 Å². The first-order chi connectivity index (χ1) is 9.49. The number of hydrogen-bond donors (Lipinski definition) is 5. The molecular formula is C12H16N4O4. The van der Waals surface area contributed by atoms with Crippen molar-refractivity contribution in [2.45, 2.75) is 13.3 Å². The average molecular weight is 280 g/mol. The molecule has 1 aromatic rings. The number of hydrazone groups is 1. The topological polar surface area (TPSA) is 120 Å². The van der Waals surface area contributed by atoms with E-state index in [1.807, 2.05) is 19.1 Å². The number of nitrogens with zero attached hydrogens (tertiary/aromatic N) is 1. The van der Waals surface area contributed by atoms with Crippen LogP contribution in [-0.4, -0.2) is 16.1 Å². The summed E-state index contributed by atoms with van der Waals surface area (Å²) in [4.78, 5) is 0. The highest BCUT2D eigenvalue weighted by atomic mass is 16.8. The molecule has 8 nitrogen and oxygen atoms in total. The Morgan fingerprint density at radius 1 is 1.30 bits per heavy atom.